The Morgan fingerprint density at radius 3 is 2.46 bits per heavy atom. The quantitative estimate of drug-likeness (QED) is 0.754. The molecule has 0 fully saturated rings. The predicted molar refractivity (Wildman–Crippen MR) is 54.3 cm³/mol. The van der Waals surface area contributed by atoms with Crippen molar-refractivity contribution in [2.24, 2.45) is 0 Å². The van der Waals surface area contributed by atoms with Gasteiger partial charge in [0.25, 0.3) is 0 Å². The van der Waals surface area contributed by atoms with Crippen LogP contribution >= 0.6 is 0 Å². The predicted octanol–water partition coefficient (Wildman–Crippen LogP) is 2.30. The van der Waals surface area contributed by atoms with Crippen molar-refractivity contribution in [3.05, 3.63) is 24.3 Å². The number of phenolic OH excluding ortho intramolecular Hbond substituents is 1. The molecular formula is C10H14O2S. The van der Waals surface area contributed by atoms with E-state index in [2.05, 4.69) is 6.92 Å². The van der Waals surface area contributed by atoms with E-state index in [-0.39, 0.29) is 5.75 Å². The maximum atomic E-state index is 11.5. The lowest BCUT2D eigenvalue weighted by molar-refractivity contribution is 0.474. The Hall–Kier alpha value is -0.670. The minimum atomic E-state index is -0.903. The molecule has 0 radical (unpaired) electrons. The summed E-state index contributed by atoms with van der Waals surface area (Å²) < 4.78 is 11.5. The Morgan fingerprint density at radius 2 is 1.92 bits per heavy atom. The van der Waals surface area contributed by atoms with Gasteiger partial charge in [0.05, 0.1) is 0 Å². The highest BCUT2D eigenvalue weighted by atomic mass is 32.2. The fourth-order valence-corrected chi connectivity index (χ4v) is 2.22. The highest BCUT2D eigenvalue weighted by Crippen LogP contribution is 2.16. The van der Waals surface area contributed by atoms with Crippen LogP contribution in [0.5, 0.6) is 5.75 Å². The molecular weight excluding hydrogens is 184 g/mol. The van der Waals surface area contributed by atoms with E-state index in [1.54, 1.807) is 24.3 Å². The second-order valence-corrected chi connectivity index (χ2v) is 4.47. The first-order chi connectivity index (χ1) is 6.24. The van der Waals surface area contributed by atoms with Gasteiger partial charge in [0.1, 0.15) is 11.5 Å². The lowest BCUT2D eigenvalue weighted by atomic mass is 10.3. The summed E-state index contributed by atoms with van der Waals surface area (Å²) in [6, 6.07) is 6.56. The molecule has 1 rings (SSSR count). The van der Waals surface area contributed by atoms with E-state index in [1.165, 1.54) is 0 Å². The van der Waals surface area contributed by atoms with Crippen molar-refractivity contribution < 1.29 is 9.66 Å². The van der Waals surface area contributed by atoms with Gasteiger partial charge in [0.2, 0.25) is 0 Å². The summed E-state index contributed by atoms with van der Waals surface area (Å²) in [6.07, 6.45) is 2.04. The van der Waals surface area contributed by atoms with Crippen LogP contribution in [0.4, 0.5) is 0 Å². The standard InChI is InChI=1S/C10H14O2S/c1-2-3-8-13(12)10-6-4-9(11)5-7-10/h4-7,11H,2-3,8H2,1H3. The van der Waals surface area contributed by atoms with Crippen LogP contribution in [-0.2, 0) is 11.2 Å². The molecule has 0 spiro atoms. The lowest BCUT2D eigenvalue weighted by Gasteiger charge is -2.09. The zero-order valence-corrected chi connectivity index (χ0v) is 8.51. The van der Waals surface area contributed by atoms with Crippen LogP contribution in [0, 0.1) is 0 Å². The second-order valence-electron chi connectivity index (χ2n) is 2.90. The van der Waals surface area contributed by atoms with E-state index in [9.17, 15) is 4.55 Å². The van der Waals surface area contributed by atoms with Gasteiger partial charge >= 0.3 is 0 Å². The molecule has 0 aliphatic carbocycles. The Bertz CT molecular complexity index is 246. The molecule has 0 bridgehead atoms. The normalized spacial score (nSPS) is 12.8. The molecule has 0 aliphatic rings. The average molecular weight is 198 g/mol. The first-order valence-electron chi connectivity index (χ1n) is 4.41. The Labute approximate surface area is 81.8 Å². The fraction of sp³-hybridized carbons (Fsp3) is 0.400. The fourth-order valence-electron chi connectivity index (χ4n) is 0.991. The zero-order chi connectivity index (χ0) is 9.68. The average Bonchev–Trinajstić information content (AvgIpc) is 2.15. The van der Waals surface area contributed by atoms with Crippen molar-refractivity contribution in [3.8, 4) is 5.75 Å². The van der Waals surface area contributed by atoms with Gasteiger partial charge in [0.15, 0.2) is 4.90 Å². The molecule has 1 aromatic carbocycles. The van der Waals surface area contributed by atoms with Crippen molar-refractivity contribution in [1.82, 2.24) is 0 Å². The SMILES string of the molecule is CCCC[S+]([O-])c1ccc(O)cc1. The molecule has 0 aromatic heterocycles. The zero-order valence-electron chi connectivity index (χ0n) is 7.69. The van der Waals surface area contributed by atoms with E-state index >= 15 is 0 Å². The third-order valence-corrected chi connectivity index (χ3v) is 3.24. The van der Waals surface area contributed by atoms with E-state index in [0.717, 1.165) is 17.7 Å². The van der Waals surface area contributed by atoms with Crippen LogP contribution in [0.3, 0.4) is 0 Å². The molecule has 2 nitrogen and oxygen atoms in total. The van der Waals surface area contributed by atoms with Crippen molar-refractivity contribution in [1.29, 1.82) is 0 Å². The minimum absolute atomic E-state index is 0.219. The summed E-state index contributed by atoms with van der Waals surface area (Å²) in [7, 11) is 0. The minimum Gasteiger partial charge on any atom is -0.611 e. The molecule has 1 aromatic rings. The molecule has 0 saturated heterocycles. The van der Waals surface area contributed by atoms with Crippen molar-refractivity contribution in [2.45, 2.75) is 24.7 Å². The van der Waals surface area contributed by atoms with Gasteiger partial charge in [-0.2, -0.15) is 0 Å². The smallest absolute Gasteiger partial charge is 0.152 e. The highest BCUT2D eigenvalue weighted by Gasteiger charge is 2.08. The maximum absolute atomic E-state index is 11.5. The van der Waals surface area contributed by atoms with Gasteiger partial charge < -0.3 is 9.66 Å². The van der Waals surface area contributed by atoms with Crippen LogP contribution in [-0.4, -0.2) is 15.4 Å². The van der Waals surface area contributed by atoms with Crippen molar-refractivity contribution in [3.63, 3.8) is 0 Å². The highest BCUT2D eigenvalue weighted by molar-refractivity contribution is 7.91. The maximum Gasteiger partial charge on any atom is 0.152 e. The van der Waals surface area contributed by atoms with E-state index < -0.39 is 11.2 Å². The third-order valence-electron chi connectivity index (χ3n) is 1.78. The van der Waals surface area contributed by atoms with E-state index in [4.69, 9.17) is 5.11 Å². The molecule has 0 saturated carbocycles. The van der Waals surface area contributed by atoms with Crippen LogP contribution in [0.1, 0.15) is 19.8 Å². The molecule has 1 unspecified atom stereocenters. The van der Waals surface area contributed by atoms with Crippen LogP contribution in [0.25, 0.3) is 0 Å². The summed E-state index contributed by atoms with van der Waals surface area (Å²) in [5, 5.41) is 9.02. The summed E-state index contributed by atoms with van der Waals surface area (Å²) >= 11 is -0.903. The topological polar surface area (TPSA) is 43.3 Å². The van der Waals surface area contributed by atoms with E-state index in [1.807, 2.05) is 0 Å². The Morgan fingerprint density at radius 1 is 1.31 bits per heavy atom. The molecule has 1 N–H and O–H groups in total. The number of unbranched alkanes of at least 4 members (excludes halogenated alkanes) is 1. The van der Waals surface area contributed by atoms with Gasteiger partial charge in [-0.25, -0.2) is 0 Å². The molecule has 1 atom stereocenters. The Kier molecular flexibility index (Phi) is 4.12. The van der Waals surface area contributed by atoms with Gasteiger partial charge in [-0.15, -0.1) is 0 Å². The second kappa shape index (κ2) is 5.14. The molecule has 13 heavy (non-hydrogen) atoms. The Balaban J connectivity index is 2.55. The van der Waals surface area contributed by atoms with Gasteiger partial charge in [-0.1, -0.05) is 13.3 Å². The number of hydrogen-bond donors (Lipinski definition) is 1. The summed E-state index contributed by atoms with van der Waals surface area (Å²) in [6.45, 7) is 2.08. The van der Waals surface area contributed by atoms with Crippen LogP contribution in [0.15, 0.2) is 29.2 Å². The number of aromatic hydroxyl groups is 1. The third kappa shape index (κ3) is 3.28. The molecule has 0 amide bonds. The van der Waals surface area contributed by atoms with Crippen molar-refractivity contribution in [2.75, 3.05) is 5.75 Å². The van der Waals surface area contributed by atoms with Crippen LogP contribution in [0.2, 0.25) is 0 Å². The summed E-state index contributed by atoms with van der Waals surface area (Å²) in [4.78, 5) is 0.797. The number of hydrogen-bond acceptors (Lipinski definition) is 2. The lowest BCUT2D eigenvalue weighted by Crippen LogP contribution is -2.06. The van der Waals surface area contributed by atoms with Gasteiger partial charge in [-0.05, 0) is 41.9 Å². The summed E-state index contributed by atoms with van der Waals surface area (Å²) in [5.41, 5.74) is 0. The largest absolute Gasteiger partial charge is 0.611 e. The number of benzene rings is 1. The van der Waals surface area contributed by atoms with Gasteiger partial charge in [-0.3, -0.25) is 0 Å². The first-order valence-corrected chi connectivity index (χ1v) is 5.73. The van der Waals surface area contributed by atoms with Crippen molar-refractivity contribution >= 4 is 11.2 Å². The molecule has 0 aliphatic heterocycles. The molecule has 0 heterocycles. The molecule has 72 valence electrons. The monoisotopic (exact) mass is 198 g/mol. The summed E-state index contributed by atoms with van der Waals surface area (Å²) in [5.74, 6) is 0.928. The van der Waals surface area contributed by atoms with E-state index in [0.29, 0.717) is 5.75 Å². The molecule has 3 heteroatoms. The first kappa shape index (κ1) is 10.4. The number of phenols is 1. The van der Waals surface area contributed by atoms with Crippen LogP contribution < -0.4 is 0 Å². The number of rotatable bonds is 4. The van der Waals surface area contributed by atoms with Gasteiger partial charge in [0, 0.05) is 0 Å².